The predicted molar refractivity (Wildman–Crippen MR) is 393 cm³/mol. The molecule has 13 aromatic rings. The Labute approximate surface area is 619 Å². The van der Waals surface area contributed by atoms with E-state index in [1.807, 2.05) is 91.5 Å². The van der Waals surface area contributed by atoms with Gasteiger partial charge in [0.05, 0.1) is 18.2 Å². The summed E-state index contributed by atoms with van der Waals surface area (Å²) in [6, 6.07) is 30.7. The Morgan fingerprint density at radius 2 is 0.806 bits per heavy atom. The maximum Gasteiger partial charge on any atom is 0.307 e. The maximum absolute atomic E-state index is 12.4. The van der Waals surface area contributed by atoms with Crippen molar-refractivity contribution in [3.05, 3.63) is 227 Å². The highest BCUT2D eigenvalue weighted by Gasteiger charge is 2.18. The number of hydrogen-bond acceptors (Lipinski definition) is 26. The molecule has 13 heterocycles. The number of carbonyl (C=O) groups excluding carboxylic acids is 4. The molecule has 0 spiro atoms. The van der Waals surface area contributed by atoms with Crippen LogP contribution in [0.4, 0.5) is 17.5 Å². The van der Waals surface area contributed by atoms with Gasteiger partial charge in [0.2, 0.25) is 11.8 Å². The Bertz CT molecular complexity index is 4770. The number of nitrogen functional groups attached to an aromatic ring is 1. The van der Waals surface area contributed by atoms with Crippen molar-refractivity contribution < 1.29 is 52.2 Å². The fourth-order valence-electron chi connectivity index (χ4n) is 8.22. The van der Waals surface area contributed by atoms with Crippen LogP contribution in [0.2, 0.25) is 0 Å². The lowest BCUT2D eigenvalue weighted by molar-refractivity contribution is -0.137. The van der Waals surface area contributed by atoms with Gasteiger partial charge in [0.25, 0.3) is 0 Å². The summed E-state index contributed by atoms with van der Waals surface area (Å²) in [4.78, 5) is 119. The molecule has 0 atom stereocenters. The zero-order chi connectivity index (χ0) is 73.9. The number of furan rings is 3. The summed E-state index contributed by atoms with van der Waals surface area (Å²) in [6.45, 7) is 5.58. The highest BCUT2D eigenvalue weighted by molar-refractivity contribution is 7.13. The van der Waals surface area contributed by atoms with Crippen LogP contribution in [0.5, 0.6) is 0 Å². The first-order chi connectivity index (χ1) is 49.7. The summed E-state index contributed by atoms with van der Waals surface area (Å²) < 4.78 is 16.8. The van der Waals surface area contributed by atoms with Crippen molar-refractivity contribution in [3.63, 3.8) is 0 Å². The van der Waals surface area contributed by atoms with Crippen LogP contribution in [0.3, 0.4) is 0 Å². The normalized spacial score (nSPS) is 10.1. The minimum Gasteiger partial charge on any atom is -0.481 e. The molecule has 0 fully saturated rings. The van der Waals surface area contributed by atoms with Crippen LogP contribution in [0.1, 0.15) is 52.4 Å². The summed E-state index contributed by atoms with van der Waals surface area (Å²) in [5, 5.41) is 28.2. The molecule has 0 bridgehead atoms. The zero-order valence-electron chi connectivity index (χ0n) is 54.5. The van der Waals surface area contributed by atoms with Crippen LogP contribution in [0.25, 0.3) is 66.9 Å². The second-order valence-electron chi connectivity index (χ2n) is 20.5. The van der Waals surface area contributed by atoms with Gasteiger partial charge < -0.3 is 39.8 Å². The molecule has 6 N–H and O–H groups in total. The quantitative estimate of drug-likeness (QED) is 0.0285. The summed E-state index contributed by atoms with van der Waals surface area (Å²) >= 11 is 22.9. The molecule has 0 aliphatic carbocycles. The van der Waals surface area contributed by atoms with Gasteiger partial charge in [-0.3, -0.25) is 48.7 Å². The number of aromatic nitrogens is 13. The molecule has 0 radical (unpaired) electrons. The number of rotatable bonds is 19. The number of hydrogen-bond donors (Lipinski definition) is 5. The largest absolute Gasteiger partial charge is 0.481 e. The SMILES string of the molecule is Cc1ccc(-c2nc(N)cc(-c3nccs3)n2)o1.Cc1ccc(-c2nc(NC(=O)CCc3cccnc3)cc(-c3nccs3)n2)o1.Cc1ccc(-c2nc(NC(=O)Cc3cccnc3)cc(-c3nccs3)n2)o1.ClCCl.O=C(Cl)C(=O)Cl.O=C(O)CCc1cccnc1.O=C(O)Cc1cccnc1. The predicted octanol–water partition coefficient (Wildman–Crippen LogP) is 14.4. The van der Waals surface area contributed by atoms with E-state index >= 15 is 0 Å². The van der Waals surface area contributed by atoms with Crippen molar-refractivity contribution in [1.29, 1.82) is 0 Å². The first kappa shape index (κ1) is 79.1. The first-order valence-electron chi connectivity index (χ1n) is 30.1. The summed E-state index contributed by atoms with van der Waals surface area (Å²) in [5.74, 6) is 4.61. The van der Waals surface area contributed by atoms with Crippen LogP contribution in [-0.2, 0) is 54.5 Å². The van der Waals surface area contributed by atoms with Gasteiger partial charge in [-0.1, -0.05) is 24.3 Å². The summed E-state index contributed by atoms with van der Waals surface area (Å²) in [7, 11) is 0. The lowest BCUT2D eigenvalue weighted by atomic mass is 10.1. The number of nitrogens with two attached hydrogens (primary N) is 1. The summed E-state index contributed by atoms with van der Waals surface area (Å²) in [6.07, 6.45) is 20.4. The van der Waals surface area contributed by atoms with Gasteiger partial charge in [-0.15, -0.1) is 57.2 Å². The van der Waals surface area contributed by atoms with E-state index < -0.39 is 22.4 Å². The van der Waals surface area contributed by atoms with Gasteiger partial charge in [-0.25, -0.2) is 44.9 Å². The molecule has 0 aliphatic rings. The second kappa shape index (κ2) is 42.1. The molecule has 0 unspecified atom stereocenters. The zero-order valence-corrected chi connectivity index (χ0v) is 60.0. The van der Waals surface area contributed by atoms with Gasteiger partial charge in [0, 0.05) is 115 Å². The Kier molecular flexibility index (Phi) is 32.3. The number of halogens is 4. The number of amides is 2. The lowest BCUT2D eigenvalue weighted by Gasteiger charge is -2.08. The summed E-state index contributed by atoms with van der Waals surface area (Å²) in [5.41, 5.74) is 11.3. The molecule has 13 aromatic heterocycles. The average Bonchev–Trinajstić information content (AvgIpc) is 1.77. The number of nitrogens with one attached hydrogen (secondary N) is 2. The number of anilines is 3. The van der Waals surface area contributed by atoms with E-state index in [0.29, 0.717) is 88.6 Å². The van der Waals surface area contributed by atoms with Gasteiger partial charge in [0.15, 0.2) is 34.8 Å². The Morgan fingerprint density at radius 1 is 0.447 bits per heavy atom. The monoisotopic (exact) mass is 1520 g/mol. The van der Waals surface area contributed by atoms with Gasteiger partial charge in [0.1, 0.15) is 66.8 Å². The third-order valence-corrected chi connectivity index (χ3v) is 15.4. The Morgan fingerprint density at radius 3 is 1.14 bits per heavy atom. The van der Waals surface area contributed by atoms with Crippen LogP contribution >= 0.6 is 80.4 Å². The fourth-order valence-corrected chi connectivity index (χ4v) is 10.0. The number of pyridine rings is 4. The van der Waals surface area contributed by atoms with E-state index in [0.717, 1.165) is 54.6 Å². The topological polar surface area (TPSA) is 400 Å². The molecular weight excluding hydrogens is 1470 g/mol. The van der Waals surface area contributed by atoms with Crippen molar-refractivity contribution in [3.8, 4) is 66.9 Å². The van der Waals surface area contributed by atoms with E-state index in [1.54, 1.807) is 117 Å². The number of alkyl halides is 2. The van der Waals surface area contributed by atoms with E-state index in [-0.39, 0.29) is 36.4 Å². The van der Waals surface area contributed by atoms with Crippen LogP contribution in [0.15, 0.2) is 201 Å². The van der Waals surface area contributed by atoms with E-state index in [2.05, 4.69) is 98.6 Å². The Hall–Kier alpha value is -11.3. The van der Waals surface area contributed by atoms with Gasteiger partial charge >= 0.3 is 22.4 Å². The molecule has 0 saturated carbocycles. The number of aliphatic carboxylic acids is 2. The molecule has 0 aromatic carbocycles. The van der Waals surface area contributed by atoms with Crippen LogP contribution in [0, 0.1) is 20.8 Å². The molecule has 27 nitrogen and oxygen atoms in total. The minimum absolute atomic E-state index is 0.0494. The van der Waals surface area contributed by atoms with Gasteiger partial charge in [-0.2, -0.15) is 0 Å². The Balaban J connectivity index is 0.000000183. The van der Waals surface area contributed by atoms with Crippen molar-refractivity contribution in [2.24, 2.45) is 0 Å². The first-order valence-corrected chi connectivity index (χ1v) is 34.6. The molecule has 0 saturated heterocycles. The number of aryl methyl sites for hydroxylation is 5. The van der Waals surface area contributed by atoms with Gasteiger partial charge in [-0.05, 0) is 140 Å². The molecule has 0 aliphatic heterocycles. The van der Waals surface area contributed by atoms with Crippen molar-refractivity contribution in [2.45, 2.75) is 59.3 Å². The van der Waals surface area contributed by atoms with Crippen molar-refractivity contribution in [1.82, 2.24) is 64.8 Å². The number of carboxylic acid groups (broad SMARTS) is 2. The molecule has 103 heavy (non-hydrogen) atoms. The molecule has 528 valence electrons. The minimum atomic E-state index is -1.14. The second-order valence-corrected chi connectivity index (χ2v) is 24.7. The maximum atomic E-state index is 12.4. The number of carbonyl (C=O) groups is 6. The highest BCUT2D eigenvalue weighted by atomic mass is 35.5. The molecule has 2 amide bonds. The smallest absolute Gasteiger partial charge is 0.307 e. The highest BCUT2D eigenvalue weighted by Crippen LogP contribution is 2.30. The lowest BCUT2D eigenvalue weighted by Crippen LogP contribution is -2.16. The van der Waals surface area contributed by atoms with E-state index in [9.17, 15) is 28.8 Å². The van der Waals surface area contributed by atoms with Crippen LogP contribution < -0.4 is 16.4 Å². The fraction of sp³-hybridized carbons (Fsp3) is 0.145. The number of nitrogens with zero attached hydrogens (tertiary/aromatic N) is 13. The van der Waals surface area contributed by atoms with E-state index in [4.69, 9.17) is 52.4 Å². The third kappa shape index (κ3) is 28.4. The molecule has 34 heteroatoms. The molecular formula is C69H60Cl4N16O11S3. The molecule has 13 rings (SSSR count). The standard InChI is InChI=1S/C20H17N5O2S.C19H15N5O2S.C12H10N4OS.C8H9NO2.C7H7NO2.C2Cl2O2.CH2Cl2/c1-13-4-6-16(27-13)19-23-15(20-22-9-10-28-20)11-17(25-19)24-18(26)7-5-14-3-2-8-21-12-14;1-12-4-5-15(26-12)18-22-14(19-21-7-8-27-19)10-16(24-18)23-17(25)9-13-3-2-6-20-11-13;1-7-2-3-9(17-7)11-15-8(6-10(13)16-11)12-14-4-5-18-12;10-8(11)4-3-7-2-1-5-9-6-7;9-7(10)4-6-2-1-3-8-5-6;3-1(5)2(4)6;2-1-3/h2-4,6,8-12H,5,7H2,1H3,(H,23,24,25,26);2-8,10-11H,9H2,1H3,(H,22,23,24,25);2-6H,1H3,(H2,13,15,16);1-2,5-6H,3-4H2,(H,10,11);1-3,5H,4H2,(H,9,10);;1H2. The number of thiazole rings is 3. The third-order valence-electron chi connectivity index (χ3n) is 12.6. The van der Waals surface area contributed by atoms with Crippen molar-refractivity contribution in [2.75, 3.05) is 21.7 Å². The van der Waals surface area contributed by atoms with Crippen molar-refractivity contribution >= 4 is 132 Å². The van der Waals surface area contributed by atoms with E-state index in [1.165, 1.54) is 34.0 Å². The number of carboxylic acids is 2. The van der Waals surface area contributed by atoms with Crippen LogP contribution in [-0.4, -0.2) is 115 Å². The average molecular weight is 1530 g/mol.